The van der Waals surface area contributed by atoms with Crippen molar-refractivity contribution in [2.45, 2.75) is 26.2 Å². The highest BCUT2D eigenvalue weighted by Gasteiger charge is 2.16. The molecule has 0 radical (unpaired) electrons. The molecule has 0 amide bonds. The Morgan fingerprint density at radius 3 is 2.20 bits per heavy atom. The highest BCUT2D eigenvalue weighted by molar-refractivity contribution is 6.29. The molecule has 4 nitrogen and oxygen atoms in total. The van der Waals surface area contributed by atoms with Crippen molar-refractivity contribution >= 4 is 11.6 Å². The zero-order valence-electron chi connectivity index (χ0n) is 11.3. The summed E-state index contributed by atoms with van der Waals surface area (Å²) in [4.78, 5) is 25.6. The zero-order valence-corrected chi connectivity index (χ0v) is 12.1. The van der Waals surface area contributed by atoms with E-state index in [2.05, 4.69) is 4.98 Å². The minimum absolute atomic E-state index is 0.0544. The van der Waals surface area contributed by atoms with Crippen LogP contribution in [0.3, 0.4) is 0 Å². The smallest absolute Gasteiger partial charge is 0.295 e. The number of halogens is 2. The largest absolute Gasteiger partial charge is 0.334 e. The van der Waals surface area contributed by atoms with E-state index in [9.17, 15) is 14.0 Å². The molecule has 0 saturated carbocycles. The molecule has 2 aromatic rings. The number of nitrogens with one attached hydrogen (secondary N) is 1. The van der Waals surface area contributed by atoms with Gasteiger partial charge < -0.3 is 0 Å². The first-order chi connectivity index (χ1) is 9.21. The van der Waals surface area contributed by atoms with E-state index >= 15 is 0 Å². The molecule has 0 spiro atoms. The number of aromatic amines is 1. The molecule has 1 heterocycles. The van der Waals surface area contributed by atoms with Crippen LogP contribution in [0.5, 0.6) is 0 Å². The quantitative estimate of drug-likeness (QED) is 0.823. The van der Waals surface area contributed by atoms with Gasteiger partial charge in [0.1, 0.15) is 0 Å². The van der Waals surface area contributed by atoms with Gasteiger partial charge in [0.05, 0.1) is 5.69 Å². The van der Waals surface area contributed by atoms with E-state index in [-0.39, 0.29) is 5.41 Å². The molecule has 1 aromatic heterocycles. The summed E-state index contributed by atoms with van der Waals surface area (Å²) in [7, 11) is 0. The molecule has 0 atom stereocenters. The lowest BCUT2D eigenvalue weighted by atomic mass is 9.87. The lowest BCUT2D eigenvalue weighted by molar-refractivity contribution is 0.582. The van der Waals surface area contributed by atoms with E-state index in [0.29, 0.717) is 10.3 Å². The average molecular weight is 297 g/mol. The minimum atomic E-state index is -1.17. The van der Waals surface area contributed by atoms with Crippen LogP contribution in [0.4, 0.5) is 4.39 Å². The number of nitrogens with zero attached hydrogens (tertiary/aromatic N) is 1. The van der Waals surface area contributed by atoms with Gasteiger partial charge in [-0.3, -0.25) is 9.78 Å². The minimum Gasteiger partial charge on any atom is -0.295 e. The van der Waals surface area contributed by atoms with Gasteiger partial charge in [-0.25, -0.2) is 9.36 Å². The van der Waals surface area contributed by atoms with Gasteiger partial charge in [-0.1, -0.05) is 44.5 Å². The molecule has 0 saturated heterocycles. The van der Waals surface area contributed by atoms with Crippen LogP contribution in [-0.2, 0) is 5.41 Å². The van der Waals surface area contributed by atoms with Crippen molar-refractivity contribution in [1.29, 1.82) is 0 Å². The van der Waals surface area contributed by atoms with Crippen LogP contribution in [0, 0.1) is 5.82 Å². The molecular weight excluding hydrogens is 283 g/mol. The Labute approximate surface area is 119 Å². The summed E-state index contributed by atoms with van der Waals surface area (Å²) in [5.41, 5.74) is -0.562. The summed E-state index contributed by atoms with van der Waals surface area (Å²) in [5.74, 6) is -1.17. The lowest BCUT2D eigenvalue weighted by Crippen LogP contribution is -2.35. The Balaban J connectivity index is 2.62. The molecule has 0 aliphatic rings. The van der Waals surface area contributed by atoms with Crippen molar-refractivity contribution < 1.29 is 4.39 Å². The molecule has 0 fully saturated rings. The van der Waals surface area contributed by atoms with Crippen LogP contribution in [0.15, 0.2) is 33.9 Å². The van der Waals surface area contributed by atoms with E-state index in [1.54, 1.807) is 24.3 Å². The first-order valence-electron chi connectivity index (χ1n) is 6.03. The molecular formula is C14H14ClFN2O2. The lowest BCUT2D eigenvalue weighted by Gasteiger charge is -2.19. The maximum absolute atomic E-state index is 13.5. The third-order valence-electron chi connectivity index (χ3n) is 2.99. The first kappa shape index (κ1) is 14.5. The number of hydrogen-bond donors (Lipinski definition) is 1. The number of aromatic nitrogens is 2. The number of H-pyrrole nitrogens is 1. The summed E-state index contributed by atoms with van der Waals surface area (Å²) in [6.07, 6.45) is 0. The van der Waals surface area contributed by atoms with Gasteiger partial charge in [-0.05, 0) is 23.1 Å². The normalized spacial score (nSPS) is 11.7. The van der Waals surface area contributed by atoms with Crippen molar-refractivity contribution in [2.24, 2.45) is 0 Å². The van der Waals surface area contributed by atoms with Gasteiger partial charge in [0, 0.05) is 0 Å². The van der Waals surface area contributed by atoms with E-state index < -0.39 is 22.2 Å². The molecule has 0 unspecified atom stereocenters. The highest BCUT2D eigenvalue weighted by atomic mass is 35.5. The second kappa shape index (κ2) is 4.90. The van der Waals surface area contributed by atoms with Gasteiger partial charge in [-0.2, -0.15) is 4.39 Å². The topological polar surface area (TPSA) is 54.9 Å². The standard InChI is InChI=1S/C14H14ClFN2O2/c1-14(2,3)8-4-6-9(7-5-8)18-12(19)10(16)11(15)17-13(18)20/h4-7H,1-3H3,(H,17,20). The summed E-state index contributed by atoms with van der Waals surface area (Å²) >= 11 is 5.42. The van der Waals surface area contributed by atoms with Crippen LogP contribution >= 0.6 is 11.6 Å². The van der Waals surface area contributed by atoms with Crippen LogP contribution in [0.2, 0.25) is 5.15 Å². The fourth-order valence-corrected chi connectivity index (χ4v) is 2.00. The monoisotopic (exact) mass is 296 g/mol. The van der Waals surface area contributed by atoms with Gasteiger partial charge >= 0.3 is 5.69 Å². The van der Waals surface area contributed by atoms with Gasteiger partial charge in [-0.15, -0.1) is 0 Å². The predicted molar refractivity (Wildman–Crippen MR) is 76.3 cm³/mol. The van der Waals surface area contributed by atoms with Crippen molar-refractivity contribution in [2.75, 3.05) is 0 Å². The van der Waals surface area contributed by atoms with Crippen LogP contribution in [0.1, 0.15) is 26.3 Å². The van der Waals surface area contributed by atoms with E-state index in [1.807, 2.05) is 20.8 Å². The molecule has 0 bridgehead atoms. The molecule has 2 rings (SSSR count). The summed E-state index contributed by atoms with van der Waals surface area (Å²) < 4.78 is 14.2. The molecule has 6 heteroatoms. The Bertz CT molecular complexity index is 755. The predicted octanol–water partition coefficient (Wildman–Crippen LogP) is 2.62. The second-order valence-corrected chi connectivity index (χ2v) is 5.87. The molecule has 0 aliphatic carbocycles. The maximum Gasteiger partial charge on any atom is 0.334 e. The molecule has 0 aliphatic heterocycles. The van der Waals surface area contributed by atoms with Crippen molar-refractivity contribution in [3.05, 3.63) is 61.6 Å². The van der Waals surface area contributed by atoms with E-state index in [1.165, 1.54) is 0 Å². The van der Waals surface area contributed by atoms with Crippen LogP contribution in [0.25, 0.3) is 5.69 Å². The van der Waals surface area contributed by atoms with Crippen molar-refractivity contribution in [3.63, 3.8) is 0 Å². The Kier molecular flexibility index (Phi) is 3.56. The molecule has 106 valence electrons. The van der Waals surface area contributed by atoms with Crippen molar-refractivity contribution in [3.8, 4) is 5.69 Å². The molecule has 20 heavy (non-hydrogen) atoms. The third-order valence-corrected chi connectivity index (χ3v) is 3.26. The fraction of sp³-hybridized carbons (Fsp3) is 0.286. The number of rotatable bonds is 1. The van der Waals surface area contributed by atoms with Gasteiger partial charge in [0.2, 0.25) is 5.82 Å². The SMILES string of the molecule is CC(C)(C)c1ccc(-n2c(=O)[nH]c(Cl)c(F)c2=O)cc1. The maximum atomic E-state index is 13.5. The zero-order chi connectivity index (χ0) is 15.1. The van der Waals surface area contributed by atoms with E-state index in [0.717, 1.165) is 5.56 Å². The summed E-state index contributed by atoms with van der Waals surface area (Å²) in [5, 5.41) is -0.581. The fourth-order valence-electron chi connectivity index (χ4n) is 1.83. The Morgan fingerprint density at radius 1 is 1.15 bits per heavy atom. The molecule has 1 aromatic carbocycles. The first-order valence-corrected chi connectivity index (χ1v) is 6.41. The Morgan fingerprint density at radius 2 is 1.70 bits per heavy atom. The third kappa shape index (κ3) is 2.54. The highest BCUT2D eigenvalue weighted by Crippen LogP contribution is 2.22. The number of hydrogen-bond acceptors (Lipinski definition) is 2. The average Bonchev–Trinajstić information content (AvgIpc) is 2.36. The van der Waals surface area contributed by atoms with Crippen LogP contribution < -0.4 is 11.2 Å². The van der Waals surface area contributed by atoms with E-state index in [4.69, 9.17) is 11.6 Å². The summed E-state index contributed by atoms with van der Waals surface area (Å²) in [6, 6.07) is 6.80. The Hall–Kier alpha value is -1.88. The van der Waals surface area contributed by atoms with Gasteiger partial charge in [0.15, 0.2) is 5.15 Å². The van der Waals surface area contributed by atoms with Crippen LogP contribution in [-0.4, -0.2) is 9.55 Å². The number of benzene rings is 1. The second-order valence-electron chi connectivity index (χ2n) is 5.50. The molecule has 1 N–H and O–H groups in total. The van der Waals surface area contributed by atoms with Gasteiger partial charge in [0.25, 0.3) is 5.56 Å². The van der Waals surface area contributed by atoms with Crippen molar-refractivity contribution in [1.82, 2.24) is 9.55 Å². The summed E-state index contributed by atoms with van der Waals surface area (Å²) in [6.45, 7) is 6.13.